The molecule has 0 aliphatic carbocycles. The Labute approximate surface area is 110 Å². The molecule has 3 rings (SSSR count). The zero-order chi connectivity index (χ0) is 13.6. The van der Waals surface area contributed by atoms with Crippen molar-refractivity contribution in [1.82, 2.24) is 9.55 Å². The first-order valence-corrected chi connectivity index (χ1v) is 6.10. The van der Waals surface area contributed by atoms with Gasteiger partial charge in [-0.2, -0.15) is 0 Å². The molecule has 0 fully saturated rings. The van der Waals surface area contributed by atoms with Crippen LogP contribution in [-0.2, 0) is 6.54 Å². The minimum Gasteiger partial charge on any atom is -0.491 e. The van der Waals surface area contributed by atoms with Gasteiger partial charge in [0, 0.05) is 5.56 Å². The molecule has 5 heteroatoms. The highest BCUT2D eigenvalue weighted by Crippen LogP contribution is 2.38. The fourth-order valence-electron chi connectivity index (χ4n) is 2.46. The maximum atomic E-state index is 11.3. The van der Waals surface area contributed by atoms with Gasteiger partial charge in [0.05, 0.1) is 30.3 Å². The van der Waals surface area contributed by atoms with Crippen molar-refractivity contribution in [2.24, 2.45) is 0 Å². The second kappa shape index (κ2) is 4.12. The number of nitrogens with zero attached hydrogens (tertiary/aromatic N) is 2. The van der Waals surface area contributed by atoms with Gasteiger partial charge in [0.25, 0.3) is 0 Å². The van der Waals surface area contributed by atoms with Gasteiger partial charge in [-0.1, -0.05) is 0 Å². The third kappa shape index (κ3) is 1.69. The molecule has 0 radical (unpaired) electrons. The van der Waals surface area contributed by atoms with Gasteiger partial charge in [0.2, 0.25) is 0 Å². The number of aromatic nitrogens is 2. The number of ether oxygens (including phenoxy) is 1. The molecule has 0 saturated carbocycles. The fourth-order valence-corrected chi connectivity index (χ4v) is 2.46. The standard InChI is InChI=1S/C14H14N2O3/c1-8-9(2)13-11(5-10(8)14(17)18)12-6-15-7-16(12)3-4-19-13/h5-7H,3-4H2,1-2H3,(H,17,18). The molecule has 0 saturated heterocycles. The summed E-state index contributed by atoms with van der Waals surface area (Å²) in [7, 11) is 0. The van der Waals surface area contributed by atoms with Crippen LogP contribution in [-0.4, -0.2) is 27.2 Å². The van der Waals surface area contributed by atoms with Gasteiger partial charge in [0.1, 0.15) is 12.4 Å². The van der Waals surface area contributed by atoms with Gasteiger partial charge in [0.15, 0.2) is 0 Å². The topological polar surface area (TPSA) is 64.3 Å². The average molecular weight is 258 g/mol. The van der Waals surface area contributed by atoms with Crippen LogP contribution >= 0.6 is 0 Å². The number of carboxylic acid groups (broad SMARTS) is 1. The van der Waals surface area contributed by atoms with E-state index in [1.54, 1.807) is 18.6 Å². The van der Waals surface area contributed by atoms with Crippen molar-refractivity contribution < 1.29 is 14.6 Å². The van der Waals surface area contributed by atoms with E-state index in [-0.39, 0.29) is 0 Å². The molecule has 1 aromatic carbocycles. The van der Waals surface area contributed by atoms with Crippen molar-refractivity contribution in [3.63, 3.8) is 0 Å². The third-order valence-corrected chi connectivity index (χ3v) is 3.64. The first kappa shape index (κ1) is 11.8. The number of benzene rings is 1. The smallest absolute Gasteiger partial charge is 0.335 e. The van der Waals surface area contributed by atoms with Crippen molar-refractivity contribution in [1.29, 1.82) is 0 Å². The summed E-state index contributed by atoms with van der Waals surface area (Å²) in [4.78, 5) is 15.5. The van der Waals surface area contributed by atoms with E-state index in [2.05, 4.69) is 4.98 Å². The first-order chi connectivity index (χ1) is 9.09. The number of rotatable bonds is 1. The maximum Gasteiger partial charge on any atom is 0.335 e. The highest BCUT2D eigenvalue weighted by atomic mass is 16.5. The monoisotopic (exact) mass is 258 g/mol. The SMILES string of the molecule is Cc1c(C(=O)O)cc2c(c1C)OCCn1cncc1-2. The van der Waals surface area contributed by atoms with Crippen molar-refractivity contribution >= 4 is 5.97 Å². The van der Waals surface area contributed by atoms with E-state index in [0.717, 1.165) is 28.1 Å². The normalized spacial score (nSPS) is 13.2. The van der Waals surface area contributed by atoms with E-state index < -0.39 is 5.97 Å². The molecule has 0 amide bonds. The zero-order valence-corrected chi connectivity index (χ0v) is 10.8. The summed E-state index contributed by atoms with van der Waals surface area (Å²) in [5.74, 6) is -0.152. The summed E-state index contributed by atoms with van der Waals surface area (Å²) in [6.45, 7) is 4.98. The van der Waals surface area contributed by atoms with Crippen LogP contribution in [0.3, 0.4) is 0 Å². The number of hydrogen-bond donors (Lipinski definition) is 1. The Morgan fingerprint density at radius 1 is 1.42 bits per heavy atom. The highest BCUT2D eigenvalue weighted by Gasteiger charge is 2.22. The molecular weight excluding hydrogens is 244 g/mol. The van der Waals surface area contributed by atoms with E-state index >= 15 is 0 Å². The molecule has 0 unspecified atom stereocenters. The number of aromatic carboxylic acids is 1. The zero-order valence-electron chi connectivity index (χ0n) is 10.8. The van der Waals surface area contributed by atoms with Gasteiger partial charge in [-0.15, -0.1) is 0 Å². The molecule has 0 bridgehead atoms. The van der Waals surface area contributed by atoms with Crippen molar-refractivity contribution in [2.75, 3.05) is 6.61 Å². The van der Waals surface area contributed by atoms with E-state index in [1.165, 1.54) is 0 Å². The van der Waals surface area contributed by atoms with E-state index in [9.17, 15) is 9.90 Å². The van der Waals surface area contributed by atoms with E-state index in [0.29, 0.717) is 18.7 Å². The Morgan fingerprint density at radius 3 is 2.95 bits per heavy atom. The summed E-state index contributed by atoms with van der Waals surface area (Å²) in [5, 5.41) is 9.30. The third-order valence-electron chi connectivity index (χ3n) is 3.64. The van der Waals surface area contributed by atoms with Gasteiger partial charge in [-0.25, -0.2) is 9.78 Å². The maximum absolute atomic E-state index is 11.3. The molecule has 2 heterocycles. The largest absolute Gasteiger partial charge is 0.491 e. The van der Waals surface area contributed by atoms with Crippen LogP contribution in [0.25, 0.3) is 11.3 Å². The Balaban J connectivity index is 2.34. The van der Waals surface area contributed by atoms with Crippen LogP contribution < -0.4 is 4.74 Å². The van der Waals surface area contributed by atoms with Crippen LogP contribution in [0.2, 0.25) is 0 Å². The first-order valence-electron chi connectivity index (χ1n) is 6.10. The van der Waals surface area contributed by atoms with Crippen LogP contribution in [0, 0.1) is 13.8 Å². The highest BCUT2D eigenvalue weighted by molar-refractivity contribution is 5.93. The lowest BCUT2D eigenvalue weighted by molar-refractivity contribution is 0.0696. The van der Waals surface area contributed by atoms with Crippen molar-refractivity contribution in [2.45, 2.75) is 20.4 Å². The molecule has 1 aliphatic heterocycles. The lowest BCUT2D eigenvalue weighted by Gasteiger charge is -2.14. The lowest BCUT2D eigenvalue weighted by Crippen LogP contribution is -2.06. The Morgan fingerprint density at radius 2 is 2.21 bits per heavy atom. The summed E-state index contributed by atoms with van der Waals surface area (Å²) in [5.41, 5.74) is 3.65. The van der Waals surface area contributed by atoms with Crippen molar-refractivity contribution in [3.8, 4) is 17.0 Å². The van der Waals surface area contributed by atoms with Crippen LogP contribution in [0.5, 0.6) is 5.75 Å². The molecule has 0 spiro atoms. The molecule has 98 valence electrons. The molecule has 1 N–H and O–H groups in total. The molecule has 1 aliphatic rings. The number of fused-ring (bicyclic) bond motifs is 3. The summed E-state index contributed by atoms with van der Waals surface area (Å²) < 4.78 is 7.77. The number of hydrogen-bond acceptors (Lipinski definition) is 3. The fraction of sp³-hybridized carbons (Fsp3) is 0.286. The molecule has 5 nitrogen and oxygen atoms in total. The number of imidazole rings is 1. The predicted octanol–water partition coefficient (Wildman–Crippen LogP) is 2.26. The quantitative estimate of drug-likeness (QED) is 0.852. The Bertz CT molecular complexity index is 674. The lowest BCUT2D eigenvalue weighted by atomic mass is 9.96. The Hall–Kier alpha value is -2.30. The van der Waals surface area contributed by atoms with Gasteiger partial charge in [-0.3, -0.25) is 0 Å². The summed E-state index contributed by atoms with van der Waals surface area (Å²) in [6, 6.07) is 1.68. The second-order valence-corrected chi connectivity index (χ2v) is 4.68. The molecular formula is C14H14N2O3. The summed E-state index contributed by atoms with van der Waals surface area (Å²) in [6.07, 6.45) is 3.48. The molecule has 2 aromatic rings. The van der Waals surface area contributed by atoms with Crippen LogP contribution in [0.4, 0.5) is 0 Å². The predicted molar refractivity (Wildman–Crippen MR) is 69.6 cm³/mol. The minimum atomic E-state index is -0.918. The minimum absolute atomic E-state index is 0.314. The van der Waals surface area contributed by atoms with E-state index in [4.69, 9.17) is 4.74 Å². The molecule has 1 aromatic heterocycles. The molecule has 0 atom stereocenters. The second-order valence-electron chi connectivity index (χ2n) is 4.68. The number of carbonyl (C=O) groups is 1. The Kier molecular flexibility index (Phi) is 2.55. The molecule has 19 heavy (non-hydrogen) atoms. The van der Waals surface area contributed by atoms with Crippen molar-refractivity contribution in [3.05, 3.63) is 35.3 Å². The van der Waals surface area contributed by atoms with Gasteiger partial charge < -0.3 is 14.4 Å². The van der Waals surface area contributed by atoms with Crippen LogP contribution in [0.1, 0.15) is 21.5 Å². The van der Waals surface area contributed by atoms with Crippen LogP contribution in [0.15, 0.2) is 18.6 Å². The van der Waals surface area contributed by atoms with E-state index in [1.807, 2.05) is 18.4 Å². The van der Waals surface area contributed by atoms with Gasteiger partial charge >= 0.3 is 5.97 Å². The average Bonchev–Trinajstić information content (AvgIpc) is 2.76. The summed E-state index contributed by atoms with van der Waals surface area (Å²) >= 11 is 0. The van der Waals surface area contributed by atoms with Gasteiger partial charge in [-0.05, 0) is 31.0 Å². The number of carboxylic acids is 1.